The predicted octanol–water partition coefficient (Wildman–Crippen LogP) is 5.41. The minimum Gasteiger partial charge on any atom is -0.207 e. The van der Waals surface area contributed by atoms with Crippen molar-refractivity contribution in [3.8, 4) is 0 Å². The largest absolute Gasteiger partial charge is 0.207 e. The van der Waals surface area contributed by atoms with Gasteiger partial charge in [-0.1, -0.05) is 48.5 Å². The van der Waals surface area contributed by atoms with Crippen LogP contribution in [0, 0.1) is 5.82 Å². The Balaban J connectivity index is 1.94. The molecule has 1 atom stereocenters. The van der Waals surface area contributed by atoms with Crippen molar-refractivity contribution in [3.63, 3.8) is 0 Å². The number of benzene rings is 3. The lowest BCUT2D eigenvalue weighted by atomic mass is 9.95. The van der Waals surface area contributed by atoms with Crippen LogP contribution in [0.5, 0.6) is 0 Å². The van der Waals surface area contributed by atoms with Gasteiger partial charge < -0.3 is 0 Å². The monoisotopic (exact) mass is 296 g/mol. The molecule has 0 nitrogen and oxygen atoms in total. The summed E-state index contributed by atoms with van der Waals surface area (Å²) < 4.78 is 14.0. The standard InChI is InChI=1S/C19H14ClF/c20-19(16-5-1-2-7-17(16)21)15-11-10-13-9-8-12-4-3-6-14(15)18(12)13/h1-7,10-11,19H,8-9H2. The quantitative estimate of drug-likeness (QED) is 0.555. The van der Waals surface area contributed by atoms with Crippen molar-refractivity contribution in [2.75, 3.05) is 0 Å². The zero-order valence-electron chi connectivity index (χ0n) is 11.4. The van der Waals surface area contributed by atoms with E-state index >= 15 is 0 Å². The lowest BCUT2D eigenvalue weighted by Crippen LogP contribution is -1.98. The van der Waals surface area contributed by atoms with Crippen LogP contribution in [0.25, 0.3) is 10.8 Å². The van der Waals surface area contributed by atoms with E-state index in [1.54, 1.807) is 12.1 Å². The van der Waals surface area contributed by atoms with E-state index < -0.39 is 5.38 Å². The molecule has 21 heavy (non-hydrogen) atoms. The first-order chi connectivity index (χ1) is 10.3. The van der Waals surface area contributed by atoms with Crippen molar-refractivity contribution in [1.82, 2.24) is 0 Å². The molecule has 3 aromatic carbocycles. The van der Waals surface area contributed by atoms with Crippen molar-refractivity contribution in [1.29, 1.82) is 0 Å². The van der Waals surface area contributed by atoms with Crippen LogP contribution in [0.4, 0.5) is 4.39 Å². The van der Waals surface area contributed by atoms with Gasteiger partial charge in [-0.2, -0.15) is 0 Å². The molecule has 1 aliphatic carbocycles. The topological polar surface area (TPSA) is 0 Å². The second-order valence-electron chi connectivity index (χ2n) is 5.54. The number of halogens is 2. The summed E-state index contributed by atoms with van der Waals surface area (Å²) in [6.07, 6.45) is 2.17. The lowest BCUT2D eigenvalue weighted by molar-refractivity contribution is 0.612. The number of alkyl halides is 1. The summed E-state index contributed by atoms with van der Waals surface area (Å²) in [5.74, 6) is -0.249. The van der Waals surface area contributed by atoms with Crippen LogP contribution < -0.4 is 0 Å². The highest BCUT2D eigenvalue weighted by Crippen LogP contribution is 2.39. The fourth-order valence-corrected chi connectivity index (χ4v) is 3.71. The number of hydrogen-bond acceptors (Lipinski definition) is 0. The first kappa shape index (κ1) is 12.8. The van der Waals surface area contributed by atoms with Gasteiger partial charge in [0.1, 0.15) is 5.82 Å². The molecule has 0 fully saturated rings. The molecule has 1 aliphatic rings. The third-order valence-corrected chi connectivity index (χ3v) is 4.83. The second-order valence-corrected chi connectivity index (χ2v) is 5.97. The van der Waals surface area contributed by atoms with Gasteiger partial charge in [0.25, 0.3) is 0 Å². The molecule has 0 heterocycles. The lowest BCUT2D eigenvalue weighted by Gasteiger charge is -2.15. The van der Waals surface area contributed by atoms with Crippen LogP contribution in [0.15, 0.2) is 54.6 Å². The van der Waals surface area contributed by atoms with Gasteiger partial charge in [0.05, 0.1) is 5.38 Å². The third-order valence-electron chi connectivity index (χ3n) is 4.36. The van der Waals surface area contributed by atoms with E-state index in [2.05, 4.69) is 30.3 Å². The van der Waals surface area contributed by atoms with Crippen LogP contribution in [-0.4, -0.2) is 0 Å². The fraction of sp³-hybridized carbons (Fsp3) is 0.158. The Kier molecular flexibility index (Phi) is 2.97. The summed E-state index contributed by atoms with van der Waals surface area (Å²) >= 11 is 6.60. The minimum absolute atomic E-state index is 0.249. The summed E-state index contributed by atoms with van der Waals surface area (Å²) in [7, 11) is 0. The average Bonchev–Trinajstić information content (AvgIpc) is 2.93. The first-order valence-electron chi connectivity index (χ1n) is 7.17. The molecule has 0 aliphatic heterocycles. The van der Waals surface area contributed by atoms with Crippen LogP contribution in [-0.2, 0) is 12.8 Å². The molecule has 2 heteroatoms. The van der Waals surface area contributed by atoms with Crippen LogP contribution in [0.3, 0.4) is 0 Å². The maximum Gasteiger partial charge on any atom is 0.128 e. The fourth-order valence-electron chi connectivity index (χ4n) is 3.34. The van der Waals surface area contributed by atoms with E-state index in [9.17, 15) is 4.39 Å². The maximum absolute atomic E-state index is 14.0. The van der Waals surface area contributed by atoms with E-state index in [-0.39, 0.29) is 5.82 Å². The molecule has 0 aromatic heterocycles. The zero-order chi connectivity index (χ0) is 14.4. The van der Waals surface area contributed by atoms with Gasteiger partial charge in [0.15, 0.2) is 0 Å². The summed E-state index contributed by atoms with van der Waals surface area (Å²) in [6.45, 7) is 0. The molecule has 0 bridgehead atoms. The number of rotatable bonds is 2. The Morgan fingerprint density at radius 1 is 0.810 bits per heavy atom. The van der Waals surface area contributed by atoms with Crippen molar-refractivity contribution in [2.24, 2.45) is 0 Å². The number of hydrogen-bond donors (Lipinski definition) is 0. The van der Waals surface area contributed by atoms with Crippen LogP contribution in [0.1, 0.15) is 27.6 Å². The van der Waals surface area contributed by atoms with E-state index in [0.717, 1.165) is 23.8 Å². The summed E-state index contributed by atoms with van der Waals surface area (Å²) in [5, 5.41) is 2.01. The van der Waals surface area contributed by atoms with Gasteiger partial charge in [-0.3, -0.25) is 0 Å². The van der Waals surface area contributed by atoms with Crippen molar-refractivity contribution >= 4 is 22.4 Å². The molecular weight excluding hydrogens is 283 g/mol. The van der Waals surface area contributed by atoms with E-state index in [0.29, 0.717) is 5.56 Å². The Morgan fingerprint density at radius 3 is 2.38 bits per heavy atom. The molecule has 0 saturated heterocycles. The highest BCUT2D eigenvalue weighted by atomic mass is 35.5. The summed E-state index contributed by atoms with van der Waals surface area (Å²) in [6, 6.07) is 17.3. The highest BCUT2D eigenvalue weighted by Gasteiger charge is 2.21. The van der Waals surface area contributed by atoms with Gasteiger partial charge in [-0.15, -0.1) is 11.6 Å². The van der Waals surface area contributed by atoms with Gasteiger partial charge in [0, 0.05) is 5.56 Å². The maximum atomic E-state index is 14.0. The molecule has 104 valence electrons. The molecule has 1 unspecified atom stereocenters. The van der Waals surface area contributed by atoms with E-state index in [4.69, 9.17) is 11.6 Å². The predicted molar refractivity (Wildman–Crippen MR) is 85.5 cm³/mol. The van der Waals surface area contributed by atoms with Crippen molar-refractivity contribution in [2.45, 2.75) is 18.2 Å². The highest BCUT2D eigenvalue weighted by molar-refractivity contribution is 6.23. The van der Waals surface area contributed by atoms with Gasteiger partial charge >= 0.3 is 0 Å². The van der Waals surface area contributed by atoms with Crippen molar-refractivity contribution in [3.05, 3.63) is 82.7 Å². The molecular formula is C19H14ClF. The molecule has 0 amide bonds. The average molecular weight is 297 g/mol. The molecule has 4 rings (SSSR count). The first-order valence-corrected chi connectivity index (χ1v) is 7.61. The minimum atomic E-state index is -0.462. The Labute approximate surface area is 128 Å². The van der Waals surface area contributed by atoms with E-state index in [1.165, 1.54) is 22.6 Å². The third kappa shape index (κ3) is 1.96. The van der Waals surface area contributed by atoms with Gasteiger partial charge in [-0.05, 0) is 46.4 Å². The summed E-state index contributed by atoms with van der Waals surface area (Å²) in [5.41, 5.74) is 4.28. The second kappa shape index (κ2) is 4.85. The van der Waals surface area contributed by atoms with Gasteiger partial charge in [0.2, 0.25) is 0 Å². The molecule has 0 N–H and O–H groups in total. The molecule has 3 aromatic rings. The molecule has 0 radical (unpaired) electrons. The van der Waals surface area contributed by atoms with Crippen LogP contribution >= 0.6 is 11.6 Å². The molecule has 0 spiro atoms. The Bertz CT molecular complexity index is 828. The number of aryl methyl sites for hydroxylation is 2. The summed E-state index contributed by atoms with van der Waals surface area (Å²) in [4.78, 5) is 0. The van der Waals surface area contributed by atoms with E-state index in [1.807, 2.05) is 6.07 Å². The SMILES string of the molecule is Fc1ccccc1C(Cl)c1ccc2c3c(cccc13)CC2. The van der Waals surface area contributed by atoms with Crippen molar-refractivity contribution < 1.29 is 4.39 Å². The normalized spacial score (nSPS) is 14.6. The van der Waals surface area contributed by atoms with Crippen LogP contribution in [0.2, 0.25) is 0 Å². The molecule has 0 saturated carbocycles. The Hall–Kier alpha value is -1.86. The van der Waals surface area contributed by atoms with Gasteiger partial charge in [-0.25, -0.2) is 4.39 Å². The Morgan fingerprint density at radius 2 is 1.57 bits per heavy atom. The zero-order valence-corrected chi connectivity index (χ0v) is 12.2. The smallest absolute Gasteiger partial charge is 0.128 e.